The number of carbonyl (C=O) groups excluding carboxylic acids is 2. The Morgan fingerprint density at radius 1 is 0.419 bits per heavy atom. The van der Waals surface area contributed by atoms with E-state index in [1.54, 1.807) is 0 Å². The van der Waals surface area contributed by atoms with Gasteiger partial charge in [0, 0.05) is 12.8 Å². The molecule has 0 saturated carbocycles. The molecule has 10 heteroatoms. The summed E-state index contributed by atoms with van der Waals surface area (Å²) in [4.78, 5) is 37.9. The van der Waals surface area contributed by atoms with Crippen LogP contribution in [0.1, 0.15) is 322 Å². The average molecular weight is 1070 g/mol. The fraction of sp³-hybridized carbons (Fsp3) is 0.906. The Balaban J connectivity index is 4.04. The maximum absolute atomic E-state index is 12.8. The molecule has 0 aromatic carbocycles. The van der Waals surface area contributed by atoms with Crippen molar-refractivity contribution in [1.82, 2.24) is 0 Å². The van der Waals surface area contributed by atoms with Crippen LogP contribution in [-0.4, -0.2) is 70.0 Å². The monoisotopic (exact) mass is 1070 g/mol. The third-order valence-corrected chi connectivity index (χ3v) is 15.4. The largest absolute Gasteiger partial charge is 0.756 e. The van der Waals surface area contributed by atoms with Crippen LogP contribution in [0.5, 0.6) is 0 Å². The second-order valence-corrected chi connectivity index (χ2v) is 24.5. The van der Waals surface area contributed by atoms with Crippen molar-refractivity contribution in [3.05, 3.63) is 24.3 Å². The van der Waals surface area contributed by atoms with Gasteiger partial charge in [-0.05, 0) is 44.9 Å². The van der Waals surface area contributed by atoms with Gasteiger partial charge in [0.05, 0.1) is 27.7 Å². The molecule has 2 unspecified atom stereocenters. The second-order valence-electron chi connectivity index (χ2n) is 23.1. The normalized spacial score (nSPS) is 13.3. The molecule has 0 aliphatic rings. The number of quaternary nitrogens is 1. The van der Waals surface area contributed by atoms with Crippen LogP contribution in [0.15, 0.2) is 24.3 Å². The predicted molar refractivity (Wildman–Crippen MR) is 314 cm³/mol. The Hall–Kier alpha value is -1.51. The number of nitrogens with zero attached hydrogens (tertiary/aromatic N) is 1. The smallest absolute Gasteiger partial charge is 0.306 e. The summed E-state index contributed by atoms with van der Waals surface area (Å²) in [6.07, 6.45) is 68.1. The molecule has 2 atom stereocenters. The number of esters is 2. The lowest BCUT2D eigenvalue weighted by Crippen LogP contribution is -2.37. The Kier molecular flexibility index (Phi) is 55.1. The van der Waals surface area contributed by atoms with Crippen molar-refractivity contribution in [3.63, 3.8) is 0 Å². The van der Waals surface area contributed by atoms with Gasteiger partial charge in [-0.1, -0.05) is 289 Å². The van der Waals surface area contributed by atoms with Crippen LogP contribution < -0.4 is 4.89 Å². The quantitative estimate of drug-likeness (QED) is 0.0195. The van der Waals surface area contributed by atoms with Crippen LogP contribution >= 0.6 is 7.82 Å². The highest BCUT2D eigenvalue weighted by Gasteiger charge is 2.22. The van der Waals surface area contributed by atoms with Gasteiger partial charge < -0.3 is 27.9 Å². The zero-order valence-corrected chi connectivity index (χ0v) is 50.7. The van der Waals surface area contributed by atoms with Gasteiger partial charge in [0.15, 0.2) is 6.10 Å². The van der Waals surface area contributed by atoms with Crippen molar-refractivity contribution in [2.45, 2.75) is 328 Å². The number of allylic oxidation sites excluding steroid dienone is 4. The van der Waals surface area contributed by atoms with Gasteiger partial charge in [-0.2, -0.15) is 0 Å². The van der Waals surface area contributed by atoms with Gasteiger partial charge >= 0.3 is 11.9 Å². The van der Waals surface area contributed by atoms with E-state index >= 15 is 0 Å². The van der Waals surface area contributed by atoms with E-state index in [-0.39, 0.29) is 32.0 Å². The van der Waals surface area contributed by atoms with Crippen LogP contribution in [0.2, 0.25) is 0 Å². The van der Waals surface area contributed by atoms with Crippen LogP contribution in [0.3, 0.4) is 0 Å². The van der Waals surface area contributed by atoms with E-state index in [0.717, 1.165) is 51.4 Å². The summed E-state index contributed by atoms with van der Waals surface area (Å²) in [7, 11) is 1.18. The zero-order valence-electron chi connectivity index (χ0n) is 49.8. The van der Waals surface area contributed by atoms with Crippen molar-refractivity contribution in [1.29, 1.82) is 0 Å². The first kappa shape index (κ1) is 72.5. The molecule has 0 aliphatic carbocycles. The first-order chi connectivity index (χ1) is 36.0. The Morgan fingerprint density at radius 2 is 0.730 bits per heavy atom. The number of ether oxygens (including phenoxy) is 2. The van der Waals surface area contributed by atoms with Gasteiger partial charge in [-0.15, -0.1) is 0 Å². The number of unbranched alkanes of at least 4 members (excludes halogenated alkanes) is 42. The molecule has 0 amide bonds. The highest BCUT2D eigenvalue weighted by atomic mass is 31.2. The topological polar surface area (TPSA) is 111 Å². The number of rotatable bonds is 60. The summed E-state index contributed by atoms with van der Waals surface area (Å²) in [5.41, 5.74) is 0. The predicted octanol–water partition coefficient (Wildman–Crippen LogP) is 19.5. The van der Waals surface area contributed by atoms with Crippen molar-refractivity contribution < 1.29 is 42.1 Å². The number of carbonyl (C=O) groups is 2. The minimum Gasteiger partial charge on any atom is -0.756 e. The number of likely N-dealkylation sites (N-methyl/N-ethyl adjacent to an activating group) is 1. The average Bonchev–Trinajstić information content (AvgIpc) is 3.36. The van der Waals surface area contributed by atoms with Crippen LogP contribution in [-0.2, 0) is 32.7 Å². The number of phosphoric acid groups is 1. The lowest BCUT2D eigenvalue weighted by Gasteiger charge is -2.28. The molecule has 0 aliphatic heterocycles. The standard InChI is InChI=1S/C64H124NO8P/c1-6-8-10-12-14-16-18-20-22-24-26-28-29-30-31-32-33-34-35-37-38-40-42-44-46-48-50-52-54-56-63(66)70-60-62(61-72-74(68,69)71-59-58-65(3,4)5)73-64(67)57-55-53-51-49-47-45-43-41-39-36-27-25-23-21-19-17-15-13-11-9-7-2/h19,21,25,27,62H,6-18,20,22-24,26,28-61H2,1-5H3/b21-19-,27-25-. The highest BCUT2D eigenvalue weighted by Crippen LogP contribution is 2.38. The van der Waals surface area contributed by atoms with Crippen LogP contribution in [0.25, 0.3) is 0 Å². The van der Waals surface area contributed by atoms with Gasteiger partial charge in [0.1, 0.15) is 19.8 Å². The van der Waals surface area contributed by atoms with Gasteiger partial charge in [-0.25, -0.2) is 0 Å². The molecular weight excluding hydrogens is 942 g/mol. The van der Waals surface area contributed by atoms with E-state index in [2.05, 4.69) is 38.2 Å². The van der Waals surface area contributed by atoms with Crippen molar-refractivity contribution in [2.75, 3.05) is 47.5 Å². The van der Waals surface area contributed by atoms with Crippen LogP contribution in [0.4, 0.5) is 0 Å². The van der Waals surface area contributed by atoms with E-state index in [1.807, 2.05) is 21.1 Å². The van der Waals surface area contributed by atoms with Gasteiger partial charge in [-0.3, -0.25) is 14.2 Å². The molecule has 9 nitrogen and oxygen atoms in total. The third kappa shape index (κ3) is 59.7. The number of hydrogen-bond acceptors (Lipinski definition) is 8. The van der Waals surface area contributed by atoms with E-state index < -0.39 is 26.5 Å². The maximum atomic E-state index is 12.8. The summed E-state index contributed by atoms with van der Waals surface area (Å²) in [5.74, 6) is -0.820. The van der Waals surface area contributed by atoms with Crippen molar-refractivity contribution in [2.24, 2.45) is 0 Å². The molecule has 74 heavy (non-hydrogen) atoms. The molecule has 438 valence electrons. The van der Waals surface area contributed by atoms with E-state index in [9.17, 15) is 19.0 Å². The summed E-state index contributed by atoms with van der Waals surface area (Å²) in [5, 5.41) is 0. The molecule has 0 bridgehead atoms. The molecule has 0 aromatic heterocycles. The van der Waals surface area contributed by atoms with Gasteiger partial charge in [0.25, 0.3) is 7.82 Å². The summed E-state index contributed by atoms with van der Waals surface area (Å²) in [6.45, 7) is 4.29. The third-order valence-electron chi connectivity index (χ3n) is 14.5. The van der Waals surface area contributed by atoms with E-state index in [0.29, 0.717) is 17.4 Å². The van der Waals surface area contributed by atoms with Gasteiger partial charge in [0.2, 0.25) is 0 Å². The van der Waals surface area contributed by atoms with E-state index in [1.165, 1.54) is 238 Å². The minimum absolute atomic E-state index is 0.0291. The first-order valence-corrected chi connectivity index (χ1v) is 33.5. The molecule has 0 fully saturated rings. The highest BCUT2D eigenvalue weighted by molar-refractivity contribution is 7.45. The lowest BCUT2D eigenvalue weighted by atomic mass is 10.0. The van der Waals surface area contributed by atoms with Crippen LogP contribution in [0, 0.1) is 0 Å². The van der Waals surface area contributed by atoms with Crippen molar-refractivity contribution in [3.8, 4) is 0 Å². The molecule has 0 N–H and O–H groups in total. The lowest BCUT2D eigenvalue weighted by molar-refractivity contribution is -0.870. The summed E-state index contributed by atoms with van der Waals surface area (Å²) in [6, 6.07) is 0. The summed E-state index contributed by atoms with van der Waals surface area (Å²) >= 11 is 0. The zero-order chi connectivity index (χ0) is 54.2. The number of hydrogen-bond donors (Lipinski definition) is 0. The summed E-state index contributed by atoms with van der Waals surface area (Å²) < 4.78 is 34.2. The number of phosphoric ester groups is 1. The van der Waals surface area contributed by atoms with Crippen molar-refractivity contribution >= 4 is 19.8 Å². The fourth-order valence-corrected chi connectivity index (χ4v) is 10.2. The Morgan fingerprint density at radius 3 is 1.07 bits per heavy atom. The molecule has 0 radical (unpaired) electrons. The Bertz CT molecular complexity index is 1300. The van der Waals surface area contributed by atoms with E-state index in [4.69, 9.17) is 18.5 Å². The second kappa shape index (κ2) is 56.2. The SMILES string of the molecule is CCCCCCC/C=C\C/C=C\CCCCCCCCCCCC(=O)OC(COC(=O)CCCCCCCCCCCCCCCCCCCCCCCCCCCCCCC)COP(=O)([O-])OCC[N+](C)(C)C. The minimum atomic E-state index is -4.64. The molecular formula is C64H124NO8P. The first-order valence-electron chi connectivity index (χ1n) is 32.0. The maximum Gasteiger partial charge on any atom is 0.306 e. The fourth-order valence-electron chi connectivity index (χ4n) is 9.51. The molecule has 0 heterocycles. The molecule has 0 aromatic rings. The Labute approximate surface area is 459 Å². The molecule has 0 saturated heterocycles. The molecule has 0 rings (SSSR count). The molecule has 0 spiro atoms.